The number of nitrogens with one attached hydrogen (secondary N) is 2. The van der Waals surface area contributed by atoms with E-state index in [9.17, 15) is 14.4 Å². The molecule has 5 rings (SSSR count). The molecule has 35 heavy (non-hydrogen) atoms. The molecule has 3 aromatic rings. The van der Waals surface area contributed by atoms with E-state index in [1.807, 2.05) is 6.07 Å². The number of carbonyl (C=O) groups is 3. The molecule has 10 heteroatoms. The summed E-state index contributed by atoms with van der Waals surface area (Å²) in [6, 6.07) is 10.6. The number of rotatable bonds is 5. The summed E-state index contributed by atoms with van der Waals surface area (Å²) in [4.78, 5) is 43.8. The quantitative estimate of drug-likeness (QED) is 0.427. The zero-order valence-corrected chi connectivity index (χ0v) is 19.0. The molecule has 0 spiro atoms. The Morgan fingerprint density at radius 2 is 1.97 bits per heavy atom. The normalized spacial score (nSPS) is 18.7. The Hall–Kier alpha value is -4.65. The van der Waals surface area contributed by atoms with Crippen LogP contribution in [0.5, 0.6) is 11.5 Å². The van der Waals surface area contributed by atoms with Crippen molar-refractivity contribution < 1.29 is 23.9 Å². The second kappa shape index (κ2) is 8.61. The number of hydrogen-bond acceptors (Lipinski definition) is 7. The van der Waals surface area contributed by atoms with Crippen molar-refractivity contribution >= 4 is 17.7 Å². The fourth-order valence-electron chi connectivity index (χ4n) is 4.31. The first kappa shape index (κ1) is 22.2. The fraction of sp³-hybridized carbons (Fsp3) is 0.240. The van der Waals surface area contributed by atoms with Gasteiger partial charge in [0.2, 0.25) is 11.8 Å². The molecular weight excluding hydrogens is 450 g/mol. The Morgan fingerprint density at radius 3 is 2.66 bits per heavy atom. The summed E-state index contributed by atoms with van der Waals surface area (Å²) in [5, 5.41) is 8.98. The third-order valence-corrected chi connectivity index (χ3v) is 6.13. The van der Waals surface area contributed by atoms with Crippen LogP contribution in [0.25, 0.3) is 11.4 Å². The number of carbonyl (C=O) groups excluding carboxylic acids is 3. The smallest absolute Gasteiger partial charge is 0.254 e. The van der Waals surface area contributed by atoms with E-state index in [1.165, 1.54) is 20.5 Å². The van der Waals surface area contributed by atoms with Crippen LogP contribution in [0.2, 0.25) is 0 Å². The maximum Gasteiger partial charge on any atom is 0.254 e. The summed E-state index contributed by atoms with van der Waals surface area (Å²) in [6.45, 7) is 0.296. The van der Waals surface area contributed by atoms with E-state index in [1.54, 1.807) is 35.2 Å². The zero-order valence-electron chi connectivity index (χ0n) is 19.0. The van der Waals surface area contributed by atoms with Gasteiger partial charge in [-0.1, -0.05) is 17.9 Å². The predicted molar refractivity (Wildman–Crippen MR) is 123 cm³/mol. The van der Waals surface area contributed by atoms with E-state index in [4.69, 9.17) is 9.47 Å². The lowest BCUT2D eigenvalue weighted by atomic mass is 9.85. The first-order valence-corrected chi connectivity index (χ1v) is 10.8. The molecule has 2 N–H and O–H groups in total. The first-order chi connectivity index (χ1) is 16.9. The van der Waals surface area contributed by atoms with Crippen molar-refractivity contribution in [3.8, 4) is 34.7 Å². The summed E-state index contributed by atoms with van der Waals surface area (Å²) in [7, 11) is 3.05. The minimum absolute atomic E-state index is 0.0220. The van der Waals surface area contributed by atoms with Crippen LogP contribution in [0.3, 0.4) is 0 Å². The highest BCUT2D eigenvalue weighted by Crippen LogP contribution is 2.34. The summed E-state index contributed by atoms with van der Waals surface area (Å²) < 4.78 is 10.7. The summed E-state index contributed by atoms with van der Waals surface area (Å²) >= 11 is 0. The summed E-state index contributed by atoms with van der Waals surface area (Å²) in [5.74, 6) is 6.44. The van der Waals surface area contributed by atoms with Crippen molar-refractivity contribution in [1.29, 1.82) is 0 Å². The van der Waals surface area contributed by atoms with E-state index in [-0.39, 0.29) is 18.9 Å². The van der Waals surface area contributed by atoms with Crippen molar-refractivity contribution in [2.24, 2.45) is 5.41 Å². The molecule has 0 bridgehead atoms. The Bertz CT molecular complexity index is 1410. The van der Waals surface area contributed by atoms with Crippen LogP contribution >= 0.6 is 0 Å². The first-order valence-electron chi connectivity index (χ1n) is 10.8. The van der Waals surface area contributed by atoms with Crippen molar-refractivity contribution in [2.75, 3.05) is 20.8 Å². The number of methoxy groups -OCH3 is 2. The second-order valence-electron chi connectivity index (χ2n) is 8.32. The Balaban J connectivity index is 1.47. The predicted octanol–water partition coefficient (Wildman–Crippen LogP) is 1.53. The van der Waals surface area contributed by atoms with E-state index < -0.39 is 17.2 Å². The molecular formula is C25H21N5O5. The number of amides is 3. The molecule has 2 aliphatic rings. The lowest BCUT2D eigenvalue weighted by Crippen LogP contribution is -2.42. The molecule has 2 aliphatic heterocycles. The van der Waals surface area contributed by atoms with Gasteiger partial charge in [-0.25, -0.2) is 4.98 Å². The van der Waals surface area contributed by atoms with E-state index in [0.29, 0.717) is 35.0 Å². The van der Waals surface area contributed by atoms with Crippen molar-refractivity contribution in [1.82, 2.24) is 25.4 Å². The van der Waals surface area contributed by atoms with Crippen LogP contribution in [-0.4, -0.2) is 58.6 Å². The number of H-pyrrole nitrogens is 1. The van der Waals surface area contributed by atoms with Crippen molar-refractivity contribution in [2.45, 2.75) is 13.0 Å². The van der Waals surface area contributed by atoms with E-state index in [0.717, 1.165) is 11.1 Å². The molecule has 1 aromatic heterocycles. The molecule has 1 fully saturated rings. The van der Waals surface area contributed by atoms with Crippen molar-refractivity contribution in [3.63, 3.8) is 0 Å². The molecule has 3 heterocycles. The lowest BCUT2D eigenvalue weighted by molar-refractivity contribution is -0.127. The summed E-state index contributed by atoms with van der Waals surface area (Å²) in [6.07, 6.45) is 1.27. The molecule has 0 unspecified atom stereocenters. The molecule has 2 aromatic carbocycles. The van der Waals surface area contributed by atoms with Gasteiger partial charge in [0.25, 0.3) is 5.91 Å². The molecule has 176 valence electrons. The number of benzene rings is 2. The number of ether oxygens (including phenoxy) is 2. The number of hydrogen-bond donors (Lipinski definition) is 2. The minimum Gasteiger partial charge on any atom is -0.497 e. The second-order valence-corrected chi connectivity index (χ2v) is 8.32. The van der Waals surface area contributed by atoms with Crippen LogP contribution in [0.1, 0.15) is 27.9 Å². The van der Waals surface area contributed by atoms with Gasteiger partial charge < -0.3 is 14.4 Å². The lowest BCUT2D eigenvalue weighted by Gasteiger charge is -2.25. The van der Waals surface area contributed by atoms with Gasteiger partial charge in [0, 0.05) is 24.2 Å². The third kappa shape index (κ3) is 3.97. The fourth-order valence-corrected chi connectivity index (χ4v) is 4.31. The summed E-state index contributed by atoms with van der Waals surface area (Å²) in [5.41, 5.74) is 1.25. The van der Waals surface area contributed by atoms with Gasteiger partial charge in [0.05, 0.1) is 26.2 Å². The molecule has 0 aliphatic carbocycles. The molecule has 1 saturated heterocycles. The number of aromatic amines is 1. The number of nitrogens with zero attached hydrogens (tertiary/aromatic N) is 3. The third-order valence-electron chi connectivity index (χ3n) is 6.13. The minimum atomic E-state index is -1.38. The van der Waals surface area contributed by atoms with Crippen LogP contribution < -0.4 is 14.8 Å². The van der Waals surface area contributed by atoms with Crippen LogP contribution in [0.4, 0.5) is 0 Å². The SMILES string of the molecule is COc1ccc2c(c1)C(=O)N(C[C@@]1(C#Cc3ccc(-c4ncn[nH]4)cc3OC)CC(=O)NC1=O)C2. The standard InChI is InChI=1S/C25H21N5O5/c1-34-18-6-5-17-12-30(23(32)19(17)10-18)13-25(11-21(31)28-24(25)33)8-7-15-3-4-16(9-20(15)35-2)22-26-14-27-29-22/h3-6,9-10,14H,11-13H2,1-2H3,(H,26,27,29)(H,28,31,33)/t25-/m1/s1. The monoisotopic (exact) mass is 471 g/mol. The van der Waals surface area contributed by atoms with Gasteiger partial charge in [-0.05, 0) is 35.9 Å². The maximum absolute atomic E-state index is 13.1. The Labute approximate surface area is 200 Å². The number of aromatic nitrogens is 3. The molecule has 0 radical (unpaired) electrons. The van der Waals surface area contributed by atoms with E-state index in [2.05, 4.69) is 32.3 Å². The Morgan fingerprint density at radius 1 is 1.11 bits per heavy atom. The largest absolute Gasteiger partial charge is 0.497 e. The van der Waals surface area contributed by atoms with Gasteiger partial charge in [-0.2, -0.15) is 5.10 Å². The van der Waals surface area contributed by atoms with Crippen molar-refractivity contribution in [3.05, 3.63) is 59.4 Å². The van der Waals surface area contributed by atoms with Crippen LogP contribution in [0.15, 0.2) is 42.7 Å². The molecule has 0 saturated carbocycles. The van der Waals surface area contributed by atoms with Gasteiger partial charge in [0.15, 0.2) is 5.82 Å². The average molecular weight is 471 g/mol. The van der Waals surface area contributed by atoms with Gasteiger partial charge >= 0.3 is 0 Å². The average Bonchev–Trinajstić information content (AvgIpc) is 3.57. The molecule has 1 atom stereocenters. The zero-order chi connectivity index (χ0) is 24.6. The van der Waals surface area contributed by atoms with E-state index >= 15 is 0 Å². The Kier molecular flexibility index (Phi) is 5.45. The number of imide groups is 1. The topological polar surface area (TPSA) is 127 Å². The van der Waals surface area contributed by atoms with Gasteiger partial charge in [0.1, 0.15) is 23.2 Å². The van der Waals surface area contributed by atoms with Crippen LogP contribution in [-0.2, 0) is 16.1 Å². The highest BCUT2D eigenvalue weighted by Gasteiger charge is 2.48. The molecule has 10 nitrogen and oxygen atoms in total. The highest BCUT2D eigenvalue weighted by molar-refractivity contribution is 6.08. The molecule has 3 amide bonds. The number of fused-ring (bicyclic) bond motifs is 1. The highest BCUT2D eigenvalue weighted by atomic mass is 16.5. The maximum atomic E-state index is 13.1. The van der Waals surface area contributed by atoms with Gasteiger partial charge in [-0.3, -0.25) is 24.8 Å². The van der Waals surface area contributed by atoms with Crippen LogP contribution in [0, 0.1) is 17.3 Å². The van der Waals surface area contributed by atoms with Gasteiger partial charge in [-0.15, -0.1) is 0 Å².